The lowest BCUT2D eigenvalue weighted by Gasteiger charge is -2.31. The average molecular weight is 431 g/mol. The molecule has 6 nitrogen and oxygen atoms in total. The second-order valence-electron chi connectivity index (χ2n) is 7.85. The third kappa shape index (κ3) is 5.33. The van der Waals surface area contributed by atoms with Gasteiger partial charge in [0.05, 0.1) is 24.1 Å². The largest absolute Gasteiger partial charge is 0.493 e. The molecule has 2 amide bonds. The highest BCUT2D eigenvalue weighted by Gasteiger charge is 2.29. The van der Waals surface area contributed by atoms with Gasteiger partial charge in [0.2, 0.25) is 5.91 Å². The number of methoxy groups -OCH3 is 1. The molecule has 1 aromatic heterocycles. The van der Waals surface area contributed by atoms with Crippen LogP contribution in [0.1, 0.15) is 54.9 Å². The Labute approximate surface area is 182 Å². The summed E-state index contributed by atoms with van der Waals surface area (Å²) in [5, 5.41) is 5.02. The molecule has 1 atom stereocenters. The first-order valence-electron chi connectivity index (χ1n) is 10.4. The molecule has 1 aromatic carbocycles. The average Bonchev–Trinajstić information content (AvgIpc) is 3.28. The van der Waals surface area contributed by atoms with Crippen LogP contribution in [0.4, 0.5) is 0 Å². The zero-order chi connectivity index (χ0) is 21.7. The number of carbonyl (C=O) groups excluding carboxylic acids is 2. The van der Waals surface area contributed by atoms with Gasteiger partial charge < -0.3 is 19.7 Å². The summed E-state index contributed by atoms with van der Waals surface area (Å²) in [7, 11) is 1.61. The summed E-state index contributed by atoms with van der Waals surface area (Å²) < 4.78 is 11.2. The first-order valence-corrected chi connectivity index (χ1v) is 11.2. The molecule has 30 heavy (non-hydrogen) atoms. The third-order valence-electron chi connectivity index (χ3n) is 5.29. The lowest BCUT2D eigenvalue weighted by molar-refractivity contribution is -0.127. The van der Waals surface area contributed by atoms with Gasteiger partial charge in [-0.15, -0.1) is 11.3 Å². The smallest absolute Gasteiger partial charge is 0.263 e. The normalized spacial score (nSPS) is 15.7. The minimum Gasteiger partial charge on any atom is -0.493 e. The van der Waals surface area contributed by atoms with Crippen molar-refractivity contribution in [1.82, 2.24) is 10.2 Å². The Morgan fingerprint density at radius 3 is 2.47 bits per heavy atom. The van der Waals surface area contributed by atoms with Gasteiger partial charge in [-0.2, -0.15) is 0 Å². The quantitative estimate of drug-likeness (QED) is 0.712. The number of thiophene rings is 1. The van der Waals surface area contributed by atoms with Gasteiger partial charge in [0.15, 0.2) is 11.5 Å². The summed E-state index contributed by atoms with van der Waals surface area (Å²) >= 11 is 1.46. The maximum Gasteiger partial charge on any atom is 0.263 e. The van der Waals surface area contributed by atoms with E-state index in [0.717, 1.165) is 10.4 Å². The molecule has 1 unspecified atom stereocenters. The van der Waals surface area contributed by atoms with Gasteiger partial charge >= 0.3 is 0 Å². The van der Waals surface area contributed by atoms with E-state index in [4.69, 9.17) is 9.47 Å². The van der Waals surface area contributed by atoms with Crippen molar-refractivity contribution >= 4 is 23.2 Å². The highest BCUT2D eigenvalue weighted by molar-refractivity contribution is 7.12. The molecule has 7 heteroatoms. The van der Waals surface area contributed by atoms with E-state index in [0.29, 0.717) is 37.4 Å². The molecule has 0 radical (unpaired) electrons. The second kappa shape index (κ2) is 9.98. The van der Waals surface area contributed by atoms with Crippen LogP contribution in [-0.4, -0.2) is 43.0 Å². The Morgan fingerprint density at radius 2 is 1.87 bits per heavy atom. The molecule has 0 bridgehead atoms. The highest BCUT2D eigenvalue weighted by atomic mass is 32.1. The number of benzene rings is 1. The van der Waals surface area contributed by atoms with Crippen molar-refractivity contribution in [2.24, 2.45) is 5.92 Å². The van der Waals surface area contributed by atoms with Gasteiger partial charge in [0.1, 0.15) is 0 Å². The number of hydrogen-bond donors (Lipinski definition) is 1. The van der Waals surface area contributed by atoms with Gasteiger partial charge in [-0.25, -0.2) is 0 Å². The molecule has 162 valence electrons. The van der Waals surface area contributed by atoms with E-state index in [9.17, 15) is 9.59 Å². The molecule has 0 spiro atoms. The Balaban J connectivity index is 1.55. The molecule has 1 N–H and O–H groups in total. The predicted molar refractivity (Wildman–Crippen MR) is 118 cm³/mol. The zero-order valence-corrected chi connectivity index (χ0v) is 18.8. The number of piperidine rings is 1. The predicted octanol–water partition coefficient (Wildman–Crippen LogP) is 4.27. The summed E-state index contributed by atoms with van der Waals surface area (Å²) in [5.74, 6) is 1.37. The van der Waals surface area contributed by atoms with Crippen LogP contribution in [0.3, 0.4) is 0 Å². The van der Waals surface area contributed by atoms with E-state index < -0.39 is 0 Å². The third-order valence-corrected chi connectivity index (χ3v) is 6.15. The molecule has 0 saturated carbocycles. The molecule has 1 saturated heterocycles. The molecule has 1 aliphatic rings. The van der Waals surface area contributed by atoms with Crippen molar-refractivity contribution < 1.29 is 19.1 Å². The van der Waals surface area contributed by atoms with Gasteiger partial charge in [-0.3, -0.25) is 9.59 Å². The van der Waals surface area contributed by atoms with E-state index >= 15 is 0 Å². The SMILES string of the molecule is COc1cc(C(C)NC(=O)C2CCN(C(=O)c3cccs3)CC2)ccc1OC(C)C. The summed E-state index contributed by atoms with van der Waals surface area (Å²) in [4.78, 5) is 27.9. The first kappa shape index (κ1) is 22.2. The number of nitrogens with one attached hydrogen (secondary N) is 1. The fourth-order valence-electron chi connectivity index (χ4n) is 3.62. The summed E-state index contributed by atoms with van der Waals surface area (Å²) in [5.41, 5.74) is 0.960. The Hall–Kier alpha value is -2.54. The molecule has 0 aliphatic carbocycles. The van der Waals surface area contributed by atoms with Gasteiger partial charge in [-0.1, -0.05) is 12.1 Å². The maximum atomic E-state index is 12.8. The van der Waals surface area contributed by atoms with Crippen molar-refractivity contribution in [2.75, 3.05) is 20.2 Å². The van der Waals surface area contributed by atoms with Crippen LogP contribution in [0.2, 0.25) is 0 Å². The van der Waals surface area contributed by atoms with E-state index in [1.807, 2.05) is 61.4 Å². The minimum atomic E-state index is -0.148. The summed E-state index contributed by atoms with van der Waals surface area (Å²) in [6.07, 6.45) is 1.42. The minimum absolute atomic E-state index is 0.0344. The molecular weight excluding hydrogens is 400 g/mol. The number of likely N-dealkylation sites (tertiary alicyclic amines) is 1. The van der Waals surface area contributed by atoms with Crippen LogP contribution in [0.15, 0.2) is 35.7 Å². The lowest BCUT2D eigenvalue weighted by atomic mass is 9.95. The molecule has 1 fully saturated rings. The van der Waals surface area contributed by atoms with Gasteiger partial charge in [-0.05, 0) is 62.8 Å². The number of amides is 2. The number of carbonyl (C=O) groups is 2. The van der Waals surface area contributed by atoms with Crippen molar-refractivity contribution in [3.63, 3.8) is 0 Å². The van der Waals surface area contributed by atoms with E-state index in [1.54, 1.807) is 7.11 Å². The highest BCUT2D eigenvalue weighted by Crippen LogP contribution is 2.31. The van der Waals surface area contributed by atoms with Gasteiger partial charge in [0.25, 0.3) is 5.91 Å². The monoisotopic (exact) mass is 430 g/mol. The topological polar surface area (TPSA) is 67.9 Å². The first-order chi connectivity index (χ1) is 14.4. The van der Waals surface area contributed by atoms with Crippen LogP contribution in [0, 0.1) is 5.92 Å². The van der Waals surface area contributed by atoms with Crippen LogP contribution in [-0.2, 0) is 4.79 Å². The Morgan fingerprint density at radius 1 is 1.13 bits per heavy atom. The Bertz CT molecular complexity index is 858. The van der Waals surface area contributed by atoms with Gasteiger partial charge in [0, 0.05) is 19.0 Å². The van der Waals surface area contributed by atoms with E-state index in [2.05, 4.69) is 5.32 Å². The lowest BCUT2D eigenvalue weighted by Crippen LogP contribution is -2.43. The number of ether oxygens (including phenoxy) is 2. The van der Waals surface area contributed by atoms with Crippen molar-refractivity contribution in [1.29, 1.82) is 0 Å². The maximum absolute atomic E-state index is 12.8. The fourth-order valence-corrected chi connectivity index (χ4v) is 4.31. The second-order valence-corrected chi connectivity index (χ2v) is 8.80. The molecular formula is C23H30N2O4S. The Kier molecular flexibility index (Phi) is 7.37. The van der Waals surface area contributed by atoms with E-state index in [-0.39, 0.29) is 29.9 Å². The number of rotatable bonds is 7. The van der Waals surface area contributed by atoms with Crippen LogP contribution >= 0.6 is 11.3 Å². The molecule has 3 rings (SSSR count). The molecule has 1 aliphatic heterocycles. The molecule has 2 heterocycles. The van der Waals surface area contributed by atoms with Crippen LogP contribution < -0.4 is 14.8 Å². The number of hydrogen-bond acceptors (Lipinski definition) is 5. The number of nitrogens with zero attached hydrogens (tertiary/aromatic N) is 1. The fraction of sp³-hybridized carbons (Fsp3) is 0.478. The van der Waals surface area contributed by atoms with Crippen molar-refractivity contribution in [3.8, 4) is 11.5 Å². The zero-order valence-electron chi connectivity index (χ0n) is 18.0. The summed E-state index contributed by atoms with van der Waals surface area (Å²) in [6.45, 7) is 7.12. The van der Waals surface area contributed by atoms with Crippen molar-refractivity contribution in [2.45, 2.75) is 45.8 Å². The van der Waals surface area contributed by atoms with Crippen molar-refractivity contribution in [3.05, 3.63) is 46.2 Å². The van der Waals surface area contributed by atoms with Crippen LogP contribution in [0.5, 0.6) is 11.5 Å². The van der Waals surface area contributed by atoms with Crippen LogP contribution in [0.25, 0.3) is 0 Å². The standard InChI is InChI=1S/C23H30N2O4S/c1-15(2)29-19-8-7-18(14-20(19)28-4)16(3)24-22(26)17-9-11-25(12-10-17)23(27)21-6-5-13-30-21/h5-8,13-17H,9-12H2,1-4H3,(H,24,26). The molecule has 2 aromatic rings. The van der Waals surface area contributed by atoms with E-state index in [1.165, 1.54) is 11.3 Å². The summed E-state index contributed by atoms with van der Waals surface area (Å²) in [6, 6.07) is 9.32.